The zero-order valence-corrected chi connectivity index (χ0v) is 18.8. The maximum absolute atomic E-state index is 12.5. The Morgan fingerprint density at radius 1 is 1.00 bits per heavy atom. The number of carbonyl (C=O) groups excluding carboxylic acids is 2. The molecule has 0 unspecified atom stereocenters. The van der Waals surface area contributed by atoms with Gasteiger partial charge in [-0.05, 0) is 42.0 Å². The van der Waals surface area contributed by atoms with Crippen LogP contribution in [0.25, 0.3) is 21.3 Å². The van der Waals surface area contributed by atoms with Crippen molar-refractivity contribution < 1.29 is 9.59 Å². The molecule has 0 aliphatic carbocycles. The van der Waals surface area contributed by atoms with Gasteiger partial charge in [0.05, 0.1) is 11.1 Å². The summed E-state index contributed by atoms with van der Waals surface area (Å²) in [4.78, 5) is 33.2. The predicted octanol–water partition coefficient (Wildman–Crippen LogP) is 5.70. The number of fused-ring (bicyclic) bond motifs is 1. The molecule has 0 saturated heterocycles. The van der Waals surface area contributed by atoms with E-state index in [-0.39, 0.29) is 17.6 Å². The number of aromatic nitrogens is 2. The van der Waals surface area contributed by atoms with Crippen LogP contribution in [0.3, 0.4) is 0 Å². The minimum Gasteiger partial charge on any atom is -0.326 e. The van der Waals surface area contributed by atoms with E-state index in [2.05, 4.69) is 20.6 Å². The van der Waals surface area contributed by atoms with E-state index >= 15 is 0 Å². The van der Waals surface area contributed by atoms with Gasteiger partial charge in [-0.1, -0.05) is 35.5 Å². The van der Waals surface area contributed by atoms with Gasteiger partial charge in [-0.2, -0.15) is 0 Å². The highest BCUT2D eigenvalue weighted by Crippen LogP contribution is 2.38. The third-order valence-corrected chi connectivity index (χ3v) is 6.45. The Morgan fingerprint density at radius 3 is 2.35 bits per heavy atom. The highest BCUT2D eigenvalue weighted by molar-refractivity contribution is 8.00. The van der Waals surface area contributed by atoms with Gasteiger partial charge in [0.1, 0.15) is 16.2 Å². The van der Waals surface area contributed by atoms with Crippen LogP contribution in [0.15, 0.2) is 65.3 Å². The van der Waals surface area contributed by atoms with Gasteiger partial charge in [0, 0.05) is 34.3 Å². The fourth-order valence-corrected chi connectivity index (χ4v) is 4.89. The van der Waals surface area contributed by atoms with E-state index in [9.17, 15) is 9.59 Å². The molecular formula is C22H17ClN4O2S2. The number of amides is 2. The second kappa shape index (κ2) is 9.47. The number of thiophene rings is 1. The number of hydrogen-bond acceptors (Lipinski definition) is 6. The number of nitrogens with zero attached hydrogens (tertiary/aromatic N) is 2. The molecule has 2 aromatic carbocycles. The van der Waals surface area contributed by atoms with Crippen molar-refractivity contribution in [3.63, 3.8) is 0 Å². The summed E-state index contributed by atoms with van der Waals surface area (Å²) in [6.07, 6.45) is 1.52. The van der Waals surface area contributed by atoms with E-state index in [0.29, 0.717) is 16.4 Å². The number of rotatable bonds is 6. The van der Waals surface area contributed by atoms with Crippen LogP contribution in [-0.2, 0) is 9.59 Å². The van der Waals surface area contributed by atoms with E-state index in [0.717, 1.165) is 26.4 Å². The molecule has 2 heterocycles. The molecule has 2 aromatic heterocycles. The Labute approximate surface area is 192 Å². The van der Waals surface area contributed by atoms with Crippen molar-refractivity contribution in [1.29, 1.82) is 0 Å². The summed E-state index contributed by atoms with van der Waals surface area (Å²) in [6, 6.07) is 14.6. The normalized spacial score (nSPS) is 10.8. The largest absolute Gasteiger partial charge is 0.326 e. The second-order valence-electron chi connectivity index (χ2n) is 6.61. The van der Waals surface area contributed by atoms with Crippen LogP contribution in [0.1, 0.15) is 6.92 Å². The molecule has 4 aromatic rings. The second-order valence-corrected chi connectivity index (χ2v) is 8.87. The number of benzene rings is 2. The first-order valence-corrected chi connectivity index (χ1v) is 11.5. The number of nitrogens with one attached hydrogen (secondary N) is 2. The van der Waals surface area contributed by atoms with Gasteiger partial charge < -0.3 is 10.6 Å². The lowest BCUT2D eigenvalue weighted by Crippen LogP contribution is -2.14. The quantitative estimate of drug-likeness (QED) is 0.280. The summed E-state index contributed by atoms with van der Waals surface area (Å²) >= 11 is 8.92. The van der Waals surface area contributed by atoms with Crippen molar-refractivity contribution in [1.82, 2.24) is 9.97 Å². The molecule has 0 radical (unpaired) electrons. The highest BCUT2D eigenvalue weighted by atomic mass is 35.5. The number of carbonyl (C=O) groups is 2. The Bertz CT molecular complexity index is 1240. The van der Waals surface area contributed by atoms with Crippen molar-refractivity contribution in [3.05, 3.63) is 65.3 Å². The van der Waals surface area contributed by atoms with Crippen molar-refractivity contribution >= 4 is 68.1 Å². The number of hydrogen-bond donors (Lipinski definition) is 2. The van der Waals surface area contributed by atoms with Crippen LogP contribution >= 0.6 is 34.7 Å². The van der Waals surface area contributed by atoms with Crippen molar-refractivity contribution in [2.45, 2.75) is 11.9 Å². The average molecular weight is 469 g/mol. The van der Waals surface area contributed by atoms with Crippen LogP contribution in [0.4, 0.5) is 11.4 Å². The van der Waals surface area contributed by atoms with Gasteiger partial charge >= 0.3 is 0 Å². The van der Waals surface area contributed by atoms with Gasteiger partial charge in [-0.25, -0.2) is 9.97 Å². The fraction of sp³-hybridized carbons (Fsp3) is 0.0909. The lowest BCUT2D eigenvalue weighted by Gasteiger charge is -2.08. The van der Waals surface area contributed by atoms with Crippen molar-refractivity contribution in [2.75, 3.05) is 16.4 Å². The van der Waals surface area contributed by atoms with Gasteiger partial charge in [-0.15, -0.1) is 11.3 Å². The third-order valence-electron chi connectivity index (χ3n) is 4.32. The van der Waals surface area contributed by atoms with Gasteiger partial charge in [0.15, 0.2) is 0 Å². The summed E-state index contributed by atoms with van der Waals surface area (Å²) in [5.41, 5.74) is 3.38. The van der Waals surface area contributed by atoms with Crippen LogP contribution < -0.4 is 10.6 Å². The van der Waals surface area contributed by atoms with Crippen molar-refractivity contribution in [3.8, 4) is 11.1 Å². The molecular weight excluding hydrogens is 452 g/mol. The maximum atomic E-state index is 12.5. The van der Waals surface area contributed by atoms with Gasteiger partial charge in [-0.3, -0.25) is 9.59 Å². The Morgan fingerprint density at radius 2 is 1.68 bits per heavy atom. The monoisotopic (exact) mass is 468 g/mol. The SMILES string of the molecule is CC(=O)Nc1ccc(NC(=O)CSc2ncnc3scc(-c4ccc(Cl)cc4)c23)cc1. The summed E-state index contributed by atoms with van der Waals surface area (Å²) in [5, 5.41) is 9.97. The minimum absolute atomic E-state index is 0.143. The first kappa shape index (κ1) is 21.3. The van der Waals surface area contributed by atoms with Crippen LogP contribution in [0.5, 0.6) is 0 Å². The summed E-state index contributed by atoms with van der Waals surface area (Å²) < 4.78 is 0. The number of thioether (sulfide) groups is 1. The molecule has 9 heteroatoms. The molecule has 0 fully saturated rings. The summed E-state index contributed by atoms with van der Waals surface area (Å²) in [7, 11) is 0. The Balaban J connectivity index is 1.47. The molecule has 0 atom stereocenters. The molecule has 0 aliphatic rings. The van der Waals surface area contributed by atoms with E-state index < -0.39 is 0 Å². The first-order valence-electron chi connectivity index (χ1n) is 9.28. The van der Waals surface area contributed by atoms with E-state index in [4.69, 9.17) is 11.6 Å². The molecule has 31 heavy (non-hydrogen) atoms. The van der Waals surface area contributed by atoms with E-state index in [1.54, 1.807) is 35.6 Å². The average Bonchev–Trinajstić information content (AvgIpc) is 3.19. The smallest absolute Gasteiger partial charge is 0.234 e. The Kier molecular flexibility index (Phi) is 6.50. The first-order chi connectivity index (χ1) is 15.0. The topological polar surface area (TPSA) is 84.0 Å². The Hall–Kier alpha value is -2.94. The zero-order valence-electron chi connectivity index (χ0n) is 16.4. The van der Waals surface area contributed by atoms with E-state index in [1.807, 2.05) is 29.6 Å². The molecule has 0 aliphatic heterocycles. The molecule has 0 saturated carbocycles. The number of halogens is 1. The number of anilines is 2. The standard InChI is InChI=1S/C22H17ClN4O2S2/c1-13(28)26-16-6-8-17(9-7-16)27-19(29)11-31-22-20-18(10-30-21(20)24-12-25-22)14-2-4-15(23)5-3-14/h2-10,12H,11H2,1H3,(H,26,28)(H,27,29). The molecule has 156 valence electrons. The maximum Gasteiger partial charge on any atom is 0.234 e. The predicted molar refractivity (Wildman–Crippen MR) is 128 cm³/mol. The molecule has 0 bridgehead atoms. The molecule has 0 spiro atoms. The van der Waals surface area contributed by atoms with E-state index in [1.165, 1.54) is 25.0 Å². The molecule has 6 nitrogen and oxygen atoms in total. The highest BCUT2D eigenvalue weighted by Gasteiger charge is 2.15. The minimum atomic E-state index is -0.146. The van der Waals surface area contributed by atoms with Crippen molar-refractivity contribution in [2.24, 2.45) is 0 Å². The molecule has 2 amide bonds. The summed E-state index contributed by atoms with van der Waals surface area (Å²) in [6.45, 7) is 1.45. The van der Waals surface area contributed by atoms with Crippen LogP contribution in [-0.4, -0.2) is 27.5 Å². The lowest BCUT2D eigenvalue weighted by molar-refractivity contribution is -0.114. The van der Waals surface area contributed by atoms with Gasteiger partial charge in [0.2, 0.25) is 11.8 Å². The lowest BCUT2D eigenvalue weighted by atomic mass is 10.1. The van der Waals surface area contributed by atoms with Crippen LogP contribution in [0.2, 0.25) is 5.02 Å². The zero-order chi connectivity index (χ0) is 21.8. The van der Waals surface area contributed by atoms with Gasteiger partial charge in [0.25, 0.3) is 0 Å². The third kappa shape index (κ3) is 5.22. The fourth-order valence-electron chi connectivity index (χ4n) is 2.97. The molecule has 4 rings (SSSR count). The molecule has 2 N–H and O–H groups in total. The summed E-state index contributed by atoms with van der Waals surface area (Å²) in [5.74, 6) is -0.0850. The van der Waals surface area contributed by atoms with Crippen LogP contribution in [0, 0.1) is 0 Å².